The quantitative estimate of drug-likeness (QED) is 0.698. The molecular weight excluding hydrogens is 399 g/mol. The van der Waals surface area contributed by atoms with E-state index in [0.717, 1.165) is 22.5 Å². The Morgan fingerprint density at radius 2 is 2.00 bits per heavy atom. The standard InChI is InChI=1S/C23H31FN4O3/c1-15-19(16(2)27(3)26-15)11-12-25-23(30)20-9-10-21(29)28(13-14-31-4)22(20)17-5-7-18(24)8-6-17/h5-8,20,22H,9-14H2,1-4H3,(H,25,30)/t20-,22+/m1/s1. The Labute approximate surface area is 182 Å². The highest BCUT2D eigenvalue weighted by Gasteiger charge is 2.40. The maximum atomic E-state index is 13.5. The zero-order chi connectivity index (χ0) is 22.5. The highest BCUT2D eigenvalue weighted by atomic mass is 19.1. The van der Waals surface area contributed by atoms with Crippen LogP contribution < -0.4 is 5.32 Å². The van der Waals surface area contributed by atoms with E-state index >= 15 is 0 Å². The van der Waals surface area contributed by atoms with E-state index in [9.17, 15) is 14.0 Å². The lowest BCUT2D eigenvalue weighted by Crippen LogP contribution is -2.49. The number of ether oxygens (including phenoxy) is 1. The Morgan fingerprint density at radius 3 is 2.61 bits per heavy atom. The summed E-state index contributed by atoms with van der Waals surface area (Å²) in [6.45, 7) is 5.23. The Kier molecular flexibility index (Phi) is 7.43. The first-order chi connectivity index (χ1) is 14.8. The van der Waals surface area contributed by atoms with E-state index in [1.165, 1.54) is 12.1 Å². The van der Waals surface area contributed by atoms with Gasteiger partial charge < -0.3 is 15.0 Å². The van der Waals surface area contributed by atoms with E-state index in [1.54, 1.807) is 24.1 Å². The van der Waals surface area contributed by atoms with Gasteiger partial charge in [-0.3, -0.25) is 14.3 Å². The smallest absolute Gasteiger partial charge is 0.225 e. The summed E-state index contributed by atoms with van der Waals surface area (Å²) < 4.78 is 20.5. The van der Waals surface area contributed by atoms with Crippen LogP contribution in [0.5, 0.6) is 0 Å². The topological polar surface area (TPSA) is 76.5 Å². The minimum Gasteiger partial charge on any atom is -0.383 e. The lowest BCUT2D eigenvalue weighted by Gasteiger charge is -2.40. The molecule has 2 aromatic rings. The van der Waals surface area contributed by atoms with Gasteiger partial charge in [0, 0.05) is 39.4 Å². The number of benzene rings is 1. The number of methoxy groups -OCH3 is 1. The first-order valence-electron chi connectivity index (χ1n) is 10.6. The number of piperidine rings is 1. The second-order valence-electron chi connectivity index (χ2n) is 8.04. The second kappa shape index (κ2) is 10.0. The van der Waals surface area contributed by atoms with Crippen molar-refractivity contribution in [2.24, 2.45) is 13.0 Å². The van der Waals surface area contributed by atoms with Crippen LogP contribution in [0.1, 0.15) is 41.4 Å². The van der Waals surface area contributed by atoms with E-state index < -0.39 is 12.0 Å². The van der Waals surface area contributed by atoms with Gasteiger partial charge in [0.1, 0.15) is 5.82 Å². The number of carbonyl (C=O) groups excluding carboxylic acids is 2. The molecule has 1 fully saturated rings. The van der Waals surface area contributed by atoms with Crippen LogP contribution in [0.15, 0.2) is 24.3 Å². The predicted octanol–water partition coefficient (Wildman–Crippen LogP) is 2.46. The number of halogens is 1. The molecule has 3 rings (SSSR count). The number of amides is 2. The molecule has 2 atom stereocenters. The molecule has 0 radical (unpaired) electrons. The average Bonchev–Trinajstić information content (AvgIpc) is 2.99. The maximum Gasteiger partial charge on any atom is 0.225 e. The third kappa shape index (κ3) is 5.12. The molecule has 1 N–H and O–H groups in total. The van der Waals surface area contributed by atoms with Gasteiger partial charge in [0.2, 0.25) is 11.8 Å². The van der Waals surface area contributed by atoms with Gasteiger partial charge in [-0.1, -0.05) is 12.1 Å². The number of hydrogen-bond donors (Lipinski definition) is 1. The molecule has 168 valence electrons. The summed E-state index contributed by atoms with van der Waals surface area (Å²) in [4.78, 5) is 27.5. The molecule has 0 bridgehead atoms. The van der Waals surface area contributed by atoms with E-state index in [-0.39, 0.29) is 17.6 Å². The molecule has 0 aliphatic carbocycles. The fourth-order valence-corrected chi connectivity index (χ4v) is 4.37. The molecule has 1 aliphatic heterocycles. The number of nitrogens with one attached hydrogen (secondary N) is 1. The fourth-order valence-electron chi connectivity index (χ4n) is 4.37. The van der Waals surface area contributed by atoms with E-state index in [1.807, 2.05) is 25.6 Å². The van der Waals surface area contributed by atoms with E-state index in [0.29, 0.717) is 39.0 Å². The zero-order valence-electron chi connectivity index (χ0n) is 18.7. The van der Waals surface area contributed by atoms with E-state index in [2.05, 4.69) is 10.4 Å². The summed E-state index contributed by atoms with van der Waals surface area (Å²) >= 11 is 0. The molecule has 7 nitrogen and oxygen atoms in total. The molecule has 1 aliphatic rings. The van der Waals surface area contributed by atoms with Crippen molar-refractivity contribution < 1.29 is 18.7 Å². The van der Waals surface area contributed by atoms with Crippen molar-refractivity contribution in [1.29, 1.82) is 0 Å². The second-order valence-corrected chi connectivity index (χ2v) is 8.04. The molecule has 0 unspecified atom stereocenters. The number of hydrogen-bond acceptors (Lipinski definition) is 4. The maximum absolute atomic E-state index is 13.5. The Balaban J connectivity index is 1.76. The van der Waals surface area contributed by atoms with Crippen LogP contribution in [0.25, 0.3) is 0 Å². The van der Waals surface area contributed by atoms with Gasteiger partial charge in [-0.2, -0.15) is 5.10 Å². The lowest BCUT2D eigenvalue weighted by atomic mass is 9.83. The summed E-state index contributed by atoms with van der Waals surface area (Å²) in [6.07, 6.45) is 1.46. The van der Waals surface area contributed by atoms with E-state index in [4.69, 9.17) is 4.74 Å². The van der Waals surface area contributed by atoms with Gasteiger partial charge in [-0.25, -0.2) is 4.39 Å². The van der Waals surface area contributed by atoms with Crippen LogP contribution in [-0.4, -0.2) is 53.3 Å². The number of likely N-dealkylation sites (tertiary alicyclic amines) is 1. The molecule has 1 saturated heterocycles. The Morgan fingerprint density at radius 1 is 1.29 bits per heavy atom. The van der Waals surface area contributed by atoms with Crippen LogP contribution >= 0.6 is 0 Å². The van der Waals surface area contributed by atoms with Crippen molar-refractivity contribution >= 4 is 11.8 Å². The minimum absolute atomic E-state index is 0.0166. The van der Waals surface area contributed by atoms with Gasteiger partial charge >= 0.3 is 0 Å². The van der Waals surface area contributed by atoms with Crippen molar-refractivity contribution in [1.82, 2.24) is 20.0 Å². The van der Waals surface area contributed by atoms with Crippen LogP contribution in [0, 0.1) is 25.6 Å². The van der Waals surface area contributed by atoms with Crippen molar-refractivity contribution in [3.63, 3.8) is 0 Å². The van der Waals surface area contributed by atoms with Crippen LogP contribution in [-0.2, 0) is 27.8 Å². The highest BCUT2D eigenvalue weighted by Crippen LogP contribution is 2.37. The molecule has 2 amide bonds. The SMILES string of the molecule is COCCN1C(=O)CC[C@@H](C(=O)NCCc2c(C)nn(C)c2C)[C@@H]1c1ccc(F)cc1. The van der Waals surface area contributed by atoms with Gasteiger partial charge in [-0.15, -0.1) is 0 Å². The molecule has 0 saturated carbocycles. The fraction of sp³-hybridized carbons (Fsp3) is 0.522. The van der Waals surface area contributed by atoms with Crippen molar-refractivity contribution in [2.45, 2.75) is 39.2 Å². The largest absolute Gasteiger partial charge is 0.383 e. The third-order valence-electron chi connectivity index (χ3n) is 6.12. The summed E-state index contributed by atoms with van der Waals surface area (Å²) in [5, 5.41) is 7.47. The number of carbonyl (C=O) groups is 2. The molecule has 0 spiro atoms. The summed E-state index contributed by atoms with van der Waals surface area (Å²) in [6, 6.07) is 5.60. The molecule has 2 heterocycles. The van der Waals surface area contributed by atoms with Crippen molar-refractivity contribution in [3.8, 4) is 0 Å². The number of rotatable bonds is 8. The van der Waals surface area contributed by atoms with Crippen LogP contribution in [0.3, 0.4) is 0 Å². The predicted molar refractivity (Wildman–Crippen MR) is 115 cm³/mol. The molecule has 31 heavy (non-hydrogen) atoms. The Hall–Kier alpha value is -2.74. The van der Waals surface area contributed by atoms with Gasteiger partial charge in [0.15, 0.2) is 0 Å². The highest BCUT2D eigenvalue weighted by molar-refractivity contribution is 5.85. The van der Waals surface area contributed by atoms with Gasteiger partial charge in [0.05, 0.1) is 24.3 Å². The zero-order valence-corrected chi connectivity index (χ0v) is 18.7. The lowest BCUT2D eigenvalue weighted by molar-refractivity contribution is -0.144. The first-order valence-corrected chi connectivity index (χ1v) is 10.6. The molecular formula is C23H31FN4O3. The van der Waals surface area contributed by atoms with Gasteiger partial charge in [-0.05, 0) is 49.9 Å². The summed E-state index contributed by atoms with van der Waals surface area (Å²) in [5.74, 6) is -0.867. The average molecular weight is 431 g/mol. The summed E-state index contributed by atoms with van der Waals surface area (Å²) in [7, 11) is 3.49. The number of nitrogens with zero attached hydrogens (tertiary/aromatic N) is 3. The molecule has 1 aromatic heterocycles. The summed E-state index contributed by atoms with van der Waals surface area (Å²) in [5.41, 5.74) is 3.94. The molecule has 1 aromatic carbocycles. The van der Waals surface area contributed by atoms with Crippen LogP contribution in [0.2, 0.25) is 0 Å². The minimum atomic E-state index is -0.445. The van der Waals surface area contributed by atoms with Crippen LogP contribution in [0.4, 0.5) is 4.39 Å². The Bertz CT molecular complexity index is 926. The normalized spacial score (nSPS) is 19.0. The first kappa shape index (κ1) is 22.9. The monoisotopic (exact) mass is 430 g/mol. The third-order valence-corrected chi connectivity index (χ3v) is 6.12. The van der Waals surface area contributed by atoms with Gasteiger partial charge in [0.25, 0.3) is 0 Å². The number of aromatic nitrogens is 2. The van der Waals surface area contributed by atoms with Crippen molar-refractivity contribution in [2.75, 3.05) is 26.8 Å². The number of aryl methyl sites for hydroxylation is 2. The molecule has 8 heteroatoms. The van der Waals surface area contributed by atoms with Crippen molar-refractivity contribution in [3.05, 3.63) is 52.6 Å².